The Morgan fingerprint density at radius 2 is 1.01 bits per heavy atom. The van der Waals surface area contributed by atoms with Gasteiger partial charge in [0.1, 0.15) is 49.3 Å². The number of hydrogen-bond acceptors (Lipinski definition) is 34. The van der Waals surface area contributed by atoms with Crippen LogP contribution in [0, 0.1) is 41.4 Å². The van der Waals surface area contributed by atoms with E-state index in [2.05, 4.69) is 8.37 Å². The van der Waals surface area contributed by atoms with Gasteiger partial charge in [0, 0.05) is 23.7 Å². The Hall–Kier alpha value is -1.66. The van der Waals surface area contributed by atoms with Gasteiger partial charge in [-0.1, -0.05) is 55.4 Å². The summed E-state index contributed by atoms with van der Waals surface area (Å²) in [6.07, 6.45) is -30.3. The van der Waals surface area contributed by atoms with Crippen molar-refractivity contribution in [3.8, 4) is 0 Å². The number of aliphatic carboxylic acids is 1. The molecular weight excluding hydrogens is 1180 g/mol. The minimum absolute atomic E-state index is 0.235. The molecule has 0 N–H and O–H groups in total. The molecule has 7 aliphatic heterocycles. The molecule has 0 aromatic rings. The Morgan fingerprint density at radius 1 is 0.506 bits per heavy atom. The third kappa shape index (κ3) is 16.4. The number of hydrogen-bond donors (Lipinski definition) is 0. The normalized spacial score (nSPS) is 43.6. The molecule has 0 spiro atoms. The zero-order valence-corrected chi connectivity index (χ0v) is 47.4. The molecule has 12 unspecified atom stereocenters. The molecular formula is C40H61O34S5-7. The average Bonchev–Trinajstić information content (AvgIpc) is 3.48. The van der Waals surface area contributed by atoms with Crippen molar-refractivity contribution in [2.75, 3.05) is 26.6 Å². The van der Waals surface area contributed by atoms with Gasteiger partial charge in [0.25, 0.3) is 0 Å². The van der Waals surface area contributed by atoms with Crippen LogP contribution in [0.25, 0.3) is 0 Å². The summed E-state index contributed by atoms with van der Waals surface area (Å²) >= 11 is 0. The van der Waals surface area contributed by atoms with Gasteiger partial charge >= 0.3 is 0 Å². The summed E-state index contributed by atoms with van der Waals surface area (Å²) in [5, 5.41) is 25.2. The van der Waals surface area contributed by atoms with Crippen molar-refractivity contribution in [3.05, 3.63) is 0 Å². The predicted molar refractivity (Wildman–Crippen MR) is 238 cm³/mol. The van der Waals surface area contributed by atoms with E-state index in [9.17, 15) is 79.9 Å². The molecule has 79 heavy (non-hydrogen) atoms. The van der Waals surface area contributed by atoms with Crippen LogP contribution in [0.1, 0.15) is 68.7 Å². The van der Waals surface area contributed by atoms with Crippen molar-refractivity contribution in [2.24, 2.45) is 41.4 Å². The second-order valence-electron chi connectivity index (χ2n) is 20.1. The summed E-state index contributed by atoms with van der Waals surface area (Å²) in [7, 11) is -28.6. The van der Waals surface area contributed by atoms with Crippen LogP contribution in [0.2, 0.25) is 0 Å². The molecule has 0 amide bonds. The standard InChI is InChI=1S/C40H67O34S5/c1-10-23-27(20(7)26(22(9)63-23)72-77(50,51)52)66-39-29-21(8)34(40(71-39,13-59-29)60-14-41)70-38-33(74-79(56,57)58)31(73-78(53,54)55)30(25(65-38)12-62-76(47,48)49)68-37-19(6)17(4)28(32(69-37)35(42)43)67-36-18(5)15(2)16(3)24(64-36)11-61-75(44,45)46/h15-34,36-39H,10-14H2,1-9H3,(H,42,43)(H,44,45,46)(H,47,48,49)(H,50,51,52)(H,53,54,55)(H,56,57,58)/q-1/p-6/t15?,16-,17?,18?,19?,20?,21?,22+,23+,24+,25?,26?,27-,28-,29+,30?,31-,32-,33?,34?,36+,37-,38-,39-,40?/m0/s1. The smallest absolute Gasteiger partial charge is 0.220 e. The van der Waals surface area contributed by atoms with E-state index in [1.54, 1.807) is 27.7 Å². The first-order chi connectivity index (χ1) is 36.3. The second-order valence-corrected chi connectivity index (χ2v) is 25.3. The Balaban J connectivity index is 1.33. The fourth-order valence-corrected chi connectivity index (χ4v) is 12.9. The van der Waals surface area contributed by atoms with Gasteiger partial charge in [0.2, 0.25) is 57.8 Å². The zero-order valence-electron chi connectivity index (χ0n) is 43.3. The number of rotatable bonds is 24. The maximum absolute atomic E-state index is 12.9. The molecule has 7 rings (SSSR count). The molecule has 0 aliphatic carbocycles. The summed E-state index contributed by atoms with van der Waals surface area (Å²) in [4.78, 5) is 12.9. The molecule has 462 valence electrons. The lowest BCUT2D eigenvalue weighted by molar-refractivity contribution is -0.526. The number of carboxylic acids is 1. The van der Waals surface area contributed by atoms with Crippen LogP contribution >= 0.6 is 0 Å². The molecule has 0 radical (unpaired) electrons. The first-order valence-electron chi connectivity index (χ1n) is 24.4. The maximum Gasteiger partial charge on any atom is 0.220 e. The highest BCUT2D eigenvalue weighted by molar-refractivity contribution is 7.81. The Kier molecular flexibility index (Phi) is 21.5. The van der Waals surface area contributed by atoms with Crippen LogP contribution in [0.15, 0.2) is 0 Å². The fourth-order valence-electron chi connectivity index (χ4n) is 10.7. The predicted octanol–water partition coefficient (Wildman–Crippen LogP) is -4.62. The van der Waals surface area contributed by atoms with Gasteiger partial charge in [-0.2, -0.15) is 0 Å². The van der Waals surface area contributed by atoms with Crippen molar-refractivity contribution in [2.45, 2.75) is 179 Å². The van der Waals surface area contributed by atoms with Gasteiger partial charge in [0.05, 0.1) is 49.7 Å². The SMILES string of the molecule is CC[C@H]1O[C@H](C)C(OS(=O)(=O)[O-])C(C)[C@@H]1O[C@H]1OC2(OC[O-])CO[C@@H]1C(C)C2O[C@@H]1OC(COS(=O)(=O)[O-])C(O[C@H]2O[C@H](C(=O)[O-])[C@@H](O[C@H]3O[C@H](COS(=O)(=O)[O-])[C@@H](C)C(C)C3C)C(C)C2C)[C@H](OS(=O)(=O)[O-])C1OS(=O)(=O)[O-]. The van der Waals surface area contributed by atoms with Crippen molar-refractivity contribution in [1.82, 2.24) is 0 Å². The summed E-state index contributed by atoms with van der Waals surface area (Å²) in [5.74, 6) is -10.3. The second kappa shape index (κ2) is 25.5. The maximum atomic E-state index is 12.9. The third-order valence-electron chi connectivity index (χ3n) is 15.2. The van der Waals surface area contributed by atoms with E-state index in [-0.39, 0.29) is 12.3 Å². The number of ether oxygens (including phenoxy) is 11. The topological polar surface area (TPSA) is 497 Å². The van der Waals surface area contributed by atoms with E-state index in [1.807, 2.05) is 0 Å². The minimum atomic E-state index is -6.18. The van der Waals surface area contributed by atoms with Gasteiger partial charge in [-0.25, -0.2) is 42.1 Å². The first-order valence-corrected chi connectivity index (χ1v) is 31.0. The highest BCUT2D eigenvalue weighted by atomic mass is 32.3. The van der Waals surface area contributed by atoms with Gasteiger partial charge in [-0.15, -0.1) is 0 Å². The van der Waals surface area contributed by atoms with Gasteiger partial charge < -0.3 is 89.9 Å². The number of fused-ring (bicyclic) bond motifs is 3. The largest absolute Gasteiger partial charge is 0.834 e. The number of carboxylic acid groups (broad SMARTS) is 1. The molecule has 7 saturated heterocycles. The molecule has 0 aromatic heterocycles. The van der Waals surface area contributed by atoms with Crippen LogP contribution in [0.3, 0.4) is 0 Å². The van der Waals surface area contributed by atoms with Crippen molar-refractivity contribution in [1.29, 1.82) is 0 Å². The van der Waals surface area contributed by atoms with E-state index in [4.69, 9.17) is 64.7 Å². The van der Waals surface area contributed by atoms with E-state index in [0.29, 0.717) is 0 Å². The lowest BCUT2D eigenvalue weighted by Gasteiger charge is -2.58. The van der Waals surface area contributed by atoms with Crippen molar-refractivity contribution in [3.63, 3.8) is 0 Å². The summed E-state index contributed by atoms with van der Waals surface area (Å²) < 4.78 is 269. The molecule has 39 heteroatoms. The Labute approximate surface area is 456 Å². The molecule has 25 atom stereocenters. The average molecular weight is 1250 g/mol. The van der Waals surface area contributed by atoms with E-state index in [0.717, 1.165) is 0 Å². The number of carbonyl (C=O) groups excluding carboxylic acids is 1. The summed E-state index contributed by atoms with van der Waals surface area (Å²) in [6.45, 7) is 9.28. The highest BCUT2D eigenvalue weighted by Crippen LogP contribution is 2.48. The number of carbonyl (C=O) groups is 1. The minimum Gasteiger partial charge on any atom is -0.834 e. The first kappa shape index (κ1) is 66.5. The van der Waals surface area contributed by atoms with E-state index in [1.165, 1.54) is 34.6 Å². The van der Waals surface area contributed by atoms with Crippen LogP contribution < -0.4 is 10.2 Å². The van der Waals surface area contributed by atoms with Crippen LogP contribution in [-0.2, 0) is 130 Å². The third-order valence-corrected chi connectivity index (χ3v) is 17.4. The van der Waals surface area contributed by atoms with E-state index >= 15 is 0 Å². The highest BCUT2D eigenvalue weighted by Gasteiger charge is 2.64. The fraction of sp³-hybridized carbons (Fsp3) is 0.975. The zero-order chi connectivity index (χ0) is 59.3. The molecule has 7 fully saturated rings. The molecule has 34 nitrogen and oxygen atoms in total. The molecule has 7 aliphatic rings. The van der Waals surface area contributed by atoms with Crippen LogP contribution in [-0.4, -0.2) is 208 Å². The van der Waals surface area contributed by atoms with Gasteiger partial charge in [-0.3, -0.25) is 20.9 Å². The Bertz CT molecular complexity index is 2660. The molecule has 2 bridgehead atoms. The van der Waals surface area contributed by atoms with Gasteiger partial charge in [0.15, 0.2) is 31.3 Å². The van der Waals surface area contributed by atoms with Crippen LogP contribution in [0.5, 0.6) is 0 Å². The molecule has 0 aromatic carbocycles. The van der Waals surface area contributed by atoms with Gasteiger partial charge in [-0.05, 0) is 37.9 Å². The monoisotopic (exact) mass is 1250 g/mol. The van der Waals surface area contributed by atoms with E-state index < -0.39 is 230 Å². The Morgan fingerprint density at radius 3 is 1.56 bits per heavy atom. The summed E-state index contributed by atoms with van der Waals surface area (Å²) in [5.41, 5.74) is 0. The molecule has 0 saturated carbocycles. The van der Waals surface area contributed by atoms with Crippen molar-refractivity contribution < 1.29 is 153 Å². The molecule has 7 heterocycles. The van der Waals surface area contributed by atoms with Crippen LogP contribution in [0.4, 0.5) is 0 Å². The lowest BCUT2D eigenvalue weighted by atomic mass is 9.78. The summed E-state index contributed by atoms with van der Waals surface area (Å²) in [6, 6.07) is 0. The quantitative estimate of drug-likeness (QED) is 0.0498. The van der Waals surface area contributed by atoms with Crippen molar-refractivity contribution >= 4 is 58.0 Å². The lowest BCUT2D eigenvalue weighted by Crippen LogP contribution is -2.73.